The molecule has 2 aliphatic heterocycles. The molecule has 0 N–H and O–H groups in total. The highest BCUT2D eigenvalue weighted by atomic mass is 79.9. The van der Waals surface area contributed by atoms with Gasteiger partial charge < -0.3 is 9.64 Å². The van der Waals surface area contributed by atoms with Gasteiger partial charge in [0.25, 0.3) is 11.1 Å². The van der Waals surface area contributed by atoms with Gasteiger partial charge >= 0.3 is 0 Å². The number of carbonyl (C=O) groups is 3. The lowest BCUT2D eigenvalue weighted by molar-refractivity contribution is -0.135. The van der Waals surface area contributed by atoms with Crippen LogP contribution in [-0.2, 0) is 16.2 Å². The SMILES string of the molecule is O=C(CN1C(=O)SC(=Cc2cc(Cl)c(OCc3ccccc3Cl)c(Br)c2)C1=O)N1CCCCCC1. The van der Waals surface area contributed by atoms with Crippen LogP contribution in [-0.4, -0.2) is 46.5 Å². The molecule has 2 aliphatic rings. The van der Waals surface area contributed by atoms with Crippen molar-refractivity contribution in [3.8, 4) is 5.75 Å². The number of amides is 3. The number of hydrogen-bond acceptors (Lipinski definition) is 5. The van der Waals surface area contributed by atoms with Crippen molar-refractivity contribution >= 4 is 74.0 Å². The number of benzene rings is 2. The van der Waals surface area contributed by atoms with Crippen molar-refractivity contribution in [3.05, 3.63) is 66.9 Å². The van der Waals surface area contributed by atoms with Crippen LogP contribution in [0, 0.1) is 0 Å². The molecule has 2 fully saturated rings. The van der Waals surface area contributed by atoms with E-state index in [9.17, 15) is 14.4 Å². The number of ether oxygens (including phenoxy) is 1. The fourth-order valence-electron chi connectivity index (χ4n) is 3.91. The molecule has 0 saturated carbocycles. The van der Waals surface area contributed by atoms with Gasteiger partial charge in [-0.1, -0.05) is 54.2 Å². The summed E-state index contributed by atoms with van der Waals surface area (Å²) in [4.78, 5) is 41.1. The molecule has 0 radical (unpaired) electrons. The Hall–Kier alpha value is -2.00. The zero-order valence-corrected chi connectivity index (χ0v) is 22.7. The average molecular weight is 598 g/mol. The summed E-state index contributed by atoms with van der Waals surface area (Å²) in [6.45, 7) is 1.34. The van der Waals surface area contributed by atoms with Crippen molar-refractivity contribution in [3.63, 3.8) is 0 Å². The van der Waals surface area contributed by atoms with Crippen LogP contribution in [0.1, 0.15) is 36.8 Å². The van der Waals surface area contributed by atoms with Crippen LogP contribution in [0.2, 0.25) is 10.0 Å². The van der Waals surface area contributed by atoms with Crippen molar-refractivity contribution in [2.45, 2.75) is 32.3 Å². The topological polar surface area (TPSA) is 66.9 Å². The molecular weight excluding hydrogens is 575 g/mol. The van der Waals surface area contributed by atoms with Crippen LogP contribution in [0.4, 0.5) is 4.79 Å². The minimum absolute atomic E-state index is 0.193. The minimum Gasteiger partial charge on any atom is -0.486 e. The molecule has 0 atom stereocenters. The van der Waals surface area contributed by atoms with Crippen LogP contribution in [0.25, 0.3) is 6.08 Å². The summed E-state index contributed by atoms with van der Waals surface area (Å²) >= 11 is 16.9. The second-order valence-electron chi connectivity index (χ2n) is 8.26. The summed E-state index contributed by atoms with van der Waals surface area (Å²) in [5.41, 5.74) is 1.45. The molecule has 0 spiro atoms. The predicted octanol–water partition coefficient (Wildman–Crippen LogP) is 6.77. The van der Waals surface area contributed by atoms with Gasteiger partial charge in [-0.15, -0.1) is 0 Å². The molecule has 2 aromatic rings. The van der Waals surface area contributed by atoms with E-state index in [1.54, 1.807) is 29.2 Å². The lowest BCUT2D eigenvalue weighted by Crippen LogP contribution is -2.42. The first-order valence-corrected chi connectivity index (χ1v) is 13.6. The van der Waals surface area contributed by atoms with Crippen molar-refractivity contribution in [2.24, 2.45) is 0 Å². The number of hydrogen-bond donors (Lipinski definition) is 0. The first-order chi connectivity index (χ1) is 16.8. The Kier molecular flexibility index (Phi) is 8.81. The maximum Gasteiger partial charge on any atom is 0.294 e. The van der Waals surface area contributed by atoms with Gasteiger partial charge in [0.05, 0.1) is 14.4 Å². The third-order valence-electron chi connectivity index (χ3n) is 5.77. The third-order valence-corrected chi connectivity index (χ3v) is 7.92. The Morgan fingerprint density at radius 1 is 1.06 bits per heavy atom. The van der Waals surface area contributed by atoms with Crippen LogP contribution in [0.5, 0.6) is 5.75 Å². The Labute approximate surface area is 226 Å². The van der Waals surface area contributed by atoms with Gasteiger partial charge in [-0.2, -0.15) is 0 Å². The van der Waals surface area contributed by atoms with Crippen molar-refractivity contribution < 1.29 is 19.1 Å². The van der Waals surface area contributed by atoms with E-state index in [0.717, 1.165) is 47.9 Å². The van der Waals surface area contributed by atoms with Crippen molar-refractivity contribution in [2.75, 3.05) is 19.6 Å². The summed E-state index contributed by atoms with van der Waals surface area (Å²) in [5.74, 6) is -0.226. The van der Waals surface area contributed by atoms with Gasteiger partial charge in [0, 0.05) is 23.7 Å². The monoisotopic (exact) mass is 596 g/mol. The lowest BCUT2D eigenvalue weighted by Gasteiger charge is -2.22. The fourth-order valence-corrected chi connectivity index (χ4v) is 5.93. The molecular formula is C25H23BrCl2N2O4S. The second kappa shape index (κ2) is 11.8. The maximum atomic E-state index is 12.9. The second-order valence-corrected chi connectivity index (χ2v) is 10.9. The maximum absolute atomic E-state index is 12.9. The number of imide groups is 1. The molecule has 3 amide bonds. The largest absolute Gasteiger partial charge is 0.486 e. The Morgan fingerprint density at radius 2 is 1.77 bits per heavy atom. The molecule has 0 aromatic heterocycles. The van der Waals surface area contributed by atoms with Crippen LogP contribution in [0.15, 0.2) is 45.8 Å². The number of carbonyl (C=O) groups excluding carboxylic acids is 3. The van der Waals surface area contributed by atoms with Crippen LogP contribution < -0.4 is 4.74 Å². The quantitative estimate of drug-likeness (QED) is 0.344. The van der Waals surface area contributed by atoms with E-state index in [2.05, 4.69) is 15.9 Å². The molecule has 0 bridgehead atoms. The number of rotatable bonds is 6. The molecule has 2 heterocycles. The molecule has 10 heteroatoms. The number of halogens is 3. The minimum atomic E-state index is -0.477. The van der Waals surface area contributed by atoms with Crippen molar-refractivity contribution in [1.82, 2.24) is 9.80 Å². The van der Waals surface area contributed by atoms with E-state index in [0.29, 0.717) is 38.9 Å². The zero-order chi connectivity index (χ0) is 24.9. The molecule has 2 aromatic carbocycles. The Balaban J connectivity index is 1.45. The molecule has 6 nitrogen and oxygen atoms in total. The van der Waals surface area contributed by atoms with Gasteiger partial charge in [-0.25, -0.2) is 0 Å². The third kappa shape index (κ3) is 6.42. The summed E-state index contributed by atoms with van der Waals surface area (Å²) in [5, 5.41) is 0.490. The summed E-state index contributed by atoms with van der Waals surface area (Å²) in [6.07, 6.45) is 5.67. The van der Waals surface area contributed by atoms with Gasteiger partial charge in [0.2, 0.25) is 5.91 Å². The van der Waals surface area contributed by atoms with E-state index in [-0.39, 0.29) is 24.0 Å². The number of thioether (sulfide) groups is 1. The molecule has 35 heavy (non-hydrogen) atoms. The first kappa shape index (κ1) is 26.1. The van der Waals surface area contributed by atoms with Gasteiger partial charge in [0.15, 0.2) is 5.75 Å². The number of nitrogens with zero attached hydrogens (tertiary/aromatic N) is 2. The van der Waals surface area contributed by atoms with Crippen molar-refractivity contribution in [1.29, 1.82) is 0 Å². The van der Waals surface area contributed by atoms with Gasteiger partial charge in [-0.3, -0.25) is 19.3 Å². The number of likely N-dealkylation sites (tertiary alicyclic amines) is 1. The average Bonchev–Trinajstić information content (AvgIpc) is 3.01. The summed E-state index contributed by atoms with van der Waals surface area (Å²) < 4.78 is 6.46. The highest BCUT2D eigenvalue weighted by Crippen LogP contribution is 2.38. The predicted molar refractivity (Wildman–Crippen MR) is 143 cm³/mol. The molecule has 184 valence electrons. The smallest absolute Gasteiger partial charge is 0.294 e. The highest BCUT2D eigenvalue weighted by molar-refractivity contribution is 9.10. The normalized spacial score (nSPS) is 17.7. The van der Waals surface area contributed by atoms with E-state index in [4.69, 9.17) is 27.9 Å². The summed E-state index contributed by atoms with van der Waals surface area (Å²) in [6, 6.07) is 10.8. The Bertz CT molecular complexity index is 1160. The van der Waals surface area contributed by atoms with E-state index in [1.165, 1.54) is 0 Å². The van der Waals surface area contributed by atoms with Crippen LogP contribution >= 0.6 is 50.9 Å². The summed E-state index contributed by atoms with van der Waals surface area (Å²) in [7, 11) is 0. The van der Waals surface area contributed by atoms with E-state index in [1.807, 2.05) is 18.2 Å². The standard InChI is InChI=1S/C25H23BrCl2N2O4S/c26-18-11-16(12-20(28)23(18)34-15-17-7-3-4-8-19(17)27)13-21-24(32)30(25(33)35-21)14-22(31)29-9-5-1-2-6-10-29/h3-4,7-8,11-13H,1-2,5-6,9-10,14-15H2. The van der Waals surface area contributed by atoms with E-state index < -0.39 is 11.1 Å². The molecule has 4 rings (SSSR count). The lowest BCUT2D eigenvalue weighted by atomic mass is 10.2. The zero-order valence-electron chi connectivity index (χ0n) is 18.8. The van der Waals surface area contributed by atoms with Crippen LogP contribution in [0.3, 0.4) is 0 Å². The van der Waals surface area contributed by atoms with Gasteiger partial charge in [0.1, 0.15) is 13.2 Å². The molecule has 2 saturated heterocycles. The molecule has 0 aliphatic carbocycles. The first-order valence-electron chi connectivity index (χ1n) is 11.2. The fraction of sp³-hybridized carbons (Fsp3) is 0.320. The van der Waals surface area contributed by atoms with Gasteiger partial charge in [-0.05, 0) is 70.4 Å². The highest BCUT2D eigenvalue weighted by Gasteiger charge is 2.37. The van der Waals surface area contributed by atoms with E-state index >= 15 is 0 Å². The Morgan fingerprint density at radius 3 is 2.46 bits per heavy atom. The molecule has 0 unspecified atom stereocenters.